The van der Waals surface area contributed by atoms with Crippen LogP contribution >= 0.6 is 0 Å². The van der Waals surface area contributed by atoms with Crippen LogP contribution in [0.15, 0.2) is 30.3 Å². The van der Waals surface area contributed by atoms with Crippen molar-refractivity contribution in [2.75, 3.05) is 12.3 Å². The van der Waals surface area contributed by atoms with Gasteiger partial charge >= 0.3 is 0 Å². The van der Waals surface area contributed by atoms with E-state index in [9.17, 15) is 4.79 Å². The molecule has 0 saturated carbocycles. The lowest BCUT2D eigenvalue weighted by molar-refractivity contribution is 0.0910. The number of rotatable bonds is 4. The molecule has 1 aromatic heterocycles. The maximum absolute atomic E-state index is 12.0. The number of fused-ring (bicyclic) bond motifs is 1. The highest BCUT2D eigenvalue weighted by Crippen LogP contribution is 2.18. The lowest BCUT2D eigenvalue weighted by Gasteiger charge is -2.13. The van der Waals surface area contributed by atoms with E-state index in [0.29, 0.717) is 23.3 Å². The van der Waals surface area contributed by atoms with E-state index in [1.54, 1.807) is 12.1 Å². The van der Waals surface area contributed by atoms with Crippen LogP contribution in [0.25, 0.3) is 10.9 Å². The number of pyridine rings is 1. The average Bonchev–Trinajstić information content (AvgIpc) is 2.44. The number of nitrogen functional groups attached to an aromatic ring is 1. The largest absolute Gasteiger partial charge is 0.397 e. The molecule has 0 saturated heterocycles. The zero-order chi connectivity index (χ0) is 13.8. The van der Waals surface area contributed by atoms with Crippen molar-refractivity contribution in [3.05, 3.63) is 36.0 Å². The van der Waals surface area contributed by atoms with Crippen molar-refractivity contribution in [2.45, 2.75) is 19.4 Å². The van der Waals surface area contributed by atoms with Gasteiger partial charge in [-0.05, 0) is 18.6 Å². The van der Waals surface area contributed by atoms with Gasteiger partial charge in [-0.3, -0.25) is 4.79 Å². The topological polar surface area (TPSA) is 88.2 Å². The van der Waals surface area contributed by atoms with E-state index in [2.05, 4.69) is 10.3 Å². The number of anilines is 1. The van der Waals surface area contributed by atoms with Gasteiger partial charge in [-0.2, -0.15) is 0 Å². The van der Waals surface area contributed by atoms with E-state index < -0.39 is 0 Å². The molecule has 1 amide bonds. The molecule has 5 nitrogen and oxygen atoms in total. The average molecular weight is 259 g/mol. The Labute approximate surface area is 111 Å². The van der Waals surface area contributed by atoms with Crippen LogP contribution in [0.5, 0.6) is 0 Å². The third-order valence-corrected chi connectivity index (χ3v) is 3.03. The zero-order valence-electron chi connectivity index (χ0n) is 10.8. The second-order valence-electron chi connectivity index (χ2n) is 4.38. The number of nitrogens with one attached hydrogen (secondary N) is 1. The SMILES string of the molecule is CCC(CO)NC(=O)c1ccc2cccc(N)c2n1. The van der Waals surface area contributed by atoms with Crippen LogP contribution in [0, 0.1) is 0 Å². The predicted octanol–water partition coefficient (Wildman–Crippen LogP) is 1.32. The summed E-state index contributed by atoms with van der Waals surface area (Å²) in [7, 11) is 0. The summed E-state index contributed by atoms with van der Waals surface area (Å²) in [5.74, 6) is -0.300. The molecular weight excluding hydrogens is 242 g/mol. The van der Waals surface area contributed by atoms with Crippen molar-refractivity contribution in [2.24, 2.45) is 0 Å². The van der Waals surface area contributed by atoms with Crippen molar-refractivity contribution < 1.29 is 9.90 Å². The molecule has 0 spiro atoms. The first-order valence-electron chi connectivity index (χ1n) is 6.22. The van der Waals surface area contributed by atoms with Gasteiger partial charge in [0.2, 0.25) is 0 Å². The second kappa shape index (κ2) is 5.67. The normalized spacial score (nSPS) is 12.3. The van der Waals surface area contributed by atoms with Crippen LogP contribution in [-0.4, -0.2) is 28.6 Å². The number of aliphatic hydroxyl groups excluding tert-OH is 1. The molecule has 0 aliphatic carbocycles. The zero-order valence-corrected chi connectivity index (χ0v) is 10.8. The highest BCUT2D eigenvalue weighted by molar-refractivity contribution is 5.97. The molecule has 100 valence electrons. The first-order valence-corrected chi connectivity index (χ1v) is 6.22. The molecule has 0 aliphatic rings. The molecule has 19 heavy (non-hydrogen) atoms. The lowest BCUT2D eigenvalue weighted by Crippen LogP contribution is -2.37. The van der Waals surface area contributed by atoms with E-state index in [4.69, 9.17) is 10.8 Å². The fraction of sp³-hybridized carbons (Fsp3) is 0.286. The van der Waals surface area contributed by atoms with Gasteiger partial charge in [-0.25, -0.2) is 4.98 Å². The summed E-state index contributed by atoms with van der Waals surface area (Å²) >= 11 is 0. The van der Waals surface area contributed by atoms with Crippen LogP contribution in [-0.2, 0) is 0 Å². The Hall–Kier alpha value is -2.14. The summed E-state index contributed by atoms with van der Waals surface area (Å²) in [6, 6.07) is 8.70. The molecule has 0 bridgehead atoms. The maximum Gasteiger partial charge on any atom is 0.270 e. The summed E-state index contributed by atoms with van der Waals surface area (Å²) in [6.45, 7) is 1.81. The Morgan fingerprint density at radius 3 is 2.89 bits per heavy atom. The summed E-state index contributed by atoms with van der Waals surface area (Å²) in [4.78, 5) is 16.3. The van der Waals surface area contributed by atoms with Crippen LogP contribution in [0.1, 0.15) is 23.8 Å². The fourth-order valence-electron chi connectivity index (χ4n) is 1.83. The first kappa shape index (κ1) is 13.3. The molecule has 0 fully saturated rings. The molecule has 2 rings (SSSR count). The van der Waals surface area contributed by atoms with Crippen LogP contribution in [0.4, 0.5) is 5.69 Å². The summed E-state index contributed by atoms with van der Waals surface area (Å²) < 4.78 is 0. The van der Waals surface area contributed by atoms with Gasteiger partial charge in [0.15, 0.2) is 0 Å². The van der Waals surface area contributed by atoms with Gasteiger partial charge in [0.25, 0.3) is 5.91 Å². The van der Waals surface area contributed by atoms with Crippen LogP contribution in [0.2, 0.25) is 0 Å². The van der Waals surface area contributed by atoms with Gasteiger partial charge in [0, 0.05) is 5.39 Å². The highest BCUT2D eigenvalue weighted by atomic mass is 16.3. The van der Waals surface area contributed by atoms with Crippen molar-refractivity contribution in [3.63, 3.8) is 0 Å². The first-order chi connectivity index (χ1) is 9.15. The number of aromatic nitrogens is 1. The van der Waals surface area contributed by atoms with Gasteiger partial charge in [-0.15, -0.1) is 0 Å². The third kappa shape index (κ3) is 2.82. The number of hydrogen-bond acceptors (Lipinski definition) is 4. The van der Waals surface area contributed by atoms with Gasteiger partial charge < -0.3 is 16.2 Å². The number of nitrogens with two attached hydrogens (primary N) is 1. The Balaban J connectivity index is 2.30. The minimum Gasteiger partial charge on any atom is -0.397 e. The monoisotopic (exact) mass is 259 g/mol. The van der Waals surface area contributed by atoms with E-state index in [0.717, 1.165) is 5.39 Å². The molecule has 1 unspecified atom stereocenters. The molecule has 2 aromatic rings. The number of aliphatic hydroxyl groups is 1. The molecule has 1 heterocycles. The highest BCUT2D eigenvalue weighted by Gasteiger charge is 2.13. The van der Waals surface area contributed by atoms with Gasteiger partial charge in [0.05, 0.1) is 23.9 Å². The number of carbonyl (C=O) groups excluding carboxylic acids is 1. The van der Waals surface area contributed by atoms with E-state index in [1.165, 1.54) is 0 Å². The number of carbonyl (C=O) groups is 1. The smallest absolute Gasteiger partial charge is 0.270 e. The maximum atomic E-state index is 12.0. The van der Waals surface area contributed by atoms with Crippen molar-refractivity contribution in [1.29, 1.82) is 0 Å². The number of hydrogen-bond donors (Lipinski definition) is 3. The van der Waals surface area contributed by atoms with E-state index in [1.807, 2.05) is 25.1 Å². The quantitative estimate of drug-likeness (QED) is 0.722. The lowest BCUT2D eigenvalue weighted by atomic mass is 10.1. The van der Waals surface area contributed by atoms with Crippen LogP contribution < -0.4 is 11.1 Å². The Morgan fingerprint density at radius 1 is 1.42 bits per heavy atom. The minimum atomic E-state index is -0.300. The predicted molar refractivity (Wildman–Crippen MR) is 74.8 cm³/mol. The Kier molecular flexibility index (Phi) is 3.97. The minimum absolute atomic E-state index is 0.0854. The van der Waals surface area contributed by atoms with E-state index in [-0.39, 0.29) is 18.6 Å². The molecule has 1 atom stereocenters. The molecule has 4 N–H and O–H groups in total. The summed E-state index contributed by atoms with van der Waals surface area (Å²) in [6.07, 6.45) is 0.665. The standard InChI is InChI=1S/C14H17N3O2/c1-2-10(8-18)16-14(19)12-7-6-9-4-3-5-11(15)13(9)17-12/h3-7,10,18H,2,8,15H2,1H3,(H,16,19). The number of benzene rings is 1. The fourth-order valence-corrected chi connectivity index (χ4v) is 1.83. The van der Waals surface area contributed by atoms with E-state index >= 15 is 0 Å². The van der Waals surface area contributed by atoms with Crippen molar-refractivity contribution >= 4 is 22.5 Å². The molecular formula is C14H17N3O2. The Morgan fingerprint density at radius 2 is 2.21 bits per heavy atom. The molecule has 0 radical (unpaired) electrons. The molecule has 5 heteroatoms. The molecule has 0 aliphatic heterocycles. The summed E-state index contributed by atoms with van der Waals surface area (Å²) in [5.41, 5.74) is 7.31. The van der Waals surface area contributed by atoms with Gasteiger partial charge in [-0.1, -0.05) is 25.1 Å². The summed E-state index contributed by atoms with van der Waals surface area (Å²) in [5, 5.41) is 12.7. The molecule has 1 aromatic carbocycles. The van der Waals surface area contributed by atoms with Gasteiger partial charge in [0.1, 0.15) is 5.69 Å². The third-order valence-electron chi connectivity index (χ3n) is 3.03. The van der Waals surface area contributed by atoms with Crippen LogP contribution in [0.3, 0.4) is 0 Å². The second-order valence-corrected chi connectivity index (χ2v) is 4.38. The van der Waals surface area contributed by atoms with Crippen molar-refractivity contribution in [1.82, 2.24) is 10.3 Å². The van der Waals surface area contributed by atoms with Crippen molar-refractivity contribution in [3.8, 4) is 0 Å². The number of para-hydroxylation sites is 1. The Bertz CT molecular complexity index is 594. The number of amides is 1. The number of nitrogens with zero attached hydrogens (tertiary/aromatic N) is 1.